The molecule has 3 rings (SSSR count). The molecular weight excluding hydrogens is 432 g/mol. The number of nitrogens with zero attached hydrogens (tertiary/aromatic N) is 2. The maximum absolute atomic E-state index is 13.1. The van der Waals surface area contributed by atoms with Crippen LogP contribution in [0.15, 0.2) is 53.6 Å². The number of aryl methyl sites for hydroxylation is 1. The Hall–Kier alpha value is -3.40. The molecule has 0 aliphatic carbocycles. The number of nitrogens with one attached hydrogen (secondary N) is 2. The minimum absolute atomic E-state index is 0.0370. The minimum Gasteiger partial charge on any atom is -0.461 e. The van der Waals surface area contributed by atoms with Crippen molar-refractivity contribution in [2.45, 2.75) is 33.2 Å². The van der Waals surface area contributed by atoms with Crippen molar-refractivity contribution in [3.8, 4) is 0 Å². The van der Waals surface area contributed by atoms with E-state index in [4.69, 9.17) is 4.74 Å². The number of carbonyl (C=O) groups excluding carboxylic acids is 2. The summed E-state index contributed by atoms with van der Waals surface area (Å²) < 4.78 is 31.2. The van der Waals surface area contributed by atoms with Crippen molar-refractivity contribution in [3.63, 3.8) is 0 Å². The average Bonchev–Trinajstić information content (AvgIpc) is 3.22. The minimum atomic E-state index is -3.40. The van der Waals surface area contributed by atoms with Crippen LogP contribution in [0.2, 0.25) is 0 Å². The van der Waals surface area contributed by atoms with Gasteiger partial charge in [0.05, 0.1) is 23.7 Å². The van der Waals surface area contributed by atoms with Crippen molar-refractivity contribution in [2.75, 3.05) is 27.4 Å². The van der Waals surface area contributed by atoms with Crippen molar-refractivity contribution in [2.24, 2.45) is 5.10 Å². The SMILES string of the molecule is CCOC(=O)C1=NN(c2ccccc2)C(C(=O)Nc2ccc(NS(=O)(=O)CC)c(C)c2)C1. The fourth-order valence-electron chi connectivity index (χ4n) is 3.19. The van der Waals surface area contributed by atoms with Gasteiger partial charge in [-0.2, -0.15) is 5.10 Å². The van der Waals surface area contributed by atoms with Gasteiger partial charge in [-0.15, -0.1) is 0 Å². The first-order valence-electron chi connectivity index (χ1n) is 10.2. The van der Waals surface area contributed by atoms with Crippen molar-refractivity contribution < 1.29 is 22.7 Å². The number of benzene rings is 2. The Kier molecular flexibility index (Phi) is 7.14. The van der Waals surface area contributed by atoms with Crippen LogP contribution in [0, 0.1) is 6.92 Å². The van der Waals surface area contributed by atoms with Gasteiger partial charge in [0.15, 0.2) is 0 Å². The van der Waals surface area contributed by atoms with Crippen LogP contribution < -0.4 is 15.0 Å². The van der Waals surface area contributed by atoms with E-state index in [-0.39, 0.29) is 30.4 Å². The van der Waals surface area contributed by atoms with Crippen LogP contribution >= 0.6 is 0 Å². The maximum atomic E-state index is 13.1. The van der Waals surface area contributed by atoms with Crippen LogP contribution in [0.1, 0.15) is 25.8 Å². The summed E-state index contributed by atoms with van der Waals surface area (Å²) in [5.74, 6) is -0.935. The third-order valence-electron chi connectivity index (χ3n) is 4.88. The number of rotatable bonds is 8. The van der Waals surface area contributed by atoms with E-state index in [1.54, 1.807) is 51.1 Å². The Labute approximate surface area is 187 Å². The molecule has 2 aromatic carbocycles. The molecule has 1 atom stereocenters. The average molecular weight is 459 g/mol. The summed E-state index contributed by atoms with van der Waals surface area (Å²) in [6, 6.07) is 13.3. The second-order valence-corrected chi connectivity index (χ2v) is 9.20. The van der Waals surface area contributed by atoms with Gasteiger partial charge in [-0.1, -0.05) is 18.2 Å². The van der Waals surface area contributed by atoms with Gasteiger partial charge in [0.1, 0.15) is 11.8 Å². The molecule has 2 N–H and O–H groups in total. The van der Waals surface area contributed by atoms with E-state index in [1.807, 2.05) is 18.2 Å². The van der Waals surface area contributed by atoms with E-state index in [0.29, 0.717) is 22.6 Å². The molecule has 0 aromatic heterocycles. The number of anilines is 3. The number of hydrogen-bond donors (Lipinski definition) is 2. The van der Waals surface area contributed by atoms with E-state index in [0.717, 1.165) is 0 Å². The summed E-state index contributed by atoms with van der Waals surface area (Å²) in [4.78, 5) is 25.3. The molecule has 2 aromatic rings. The third kappa shape index (κ3) is 5.44. The van der Waals surface area contributed by atoms with Crippen LogP contribution in [0.4, 0.5) is 17.1 Å². The van der Waals surface area contributed by atoms with Gasteiger partial charge >= 0.3 is 5.97 Å². The van der Waals surface area contributed by atoms with Crippen LogP contribution in [-0.2, 0) is 24.3 Å². The predicted molar refractivity (Wildman–Crippen MR) is 124 cm³/mol. The Morgan fingerprint density at radius 2 is 1.88 bits per heavy atom. The molecule has 1 aliphatic rings. The number of hydrogen-bond acceptors (Lipinski definition) is 7. The summed E-state index contributed by atoms with van der Waals surface area (Å²) >= 11 is 0. The highest BCUT2D eigenvalue weighted by molar-refractivity contribution is 7.92. The number of carbonyl (C=O) groups is 2. The zero-order chi connectivity index (χ0) is 23.3. The van der Waals surface area contributed by atoms with Gasteiger partial charge in [-0.3, -0.25) is 14.5 Å². The van der Waals surface area contributed by atoms with Crippen LogP contribution in [0.5, 0.6) is 0 Å². The van der Waals surface area contributed by atoms with E-state index in [9.17, 15) is 18.0 Å². The molecule has 32 heavy (non-hydrogen) atoms. The monoisotopic (exact) mass is 458 g/mol. The number of hydrazone groups is 1. The summed E-state index contributed by atoms with van der Waals surface area (Å²) in [5, 5.41) is 8.69. The molecule has 10 heteroatoms. The summed E-state index contributed by atoms with van der Waals surface area (Å²) in [6.07, 6.45) is 0.104. The lowest BCUT2D eigenvalue weighted by Crippen LogP contribution is -2.38. The molecular formula is C22H26N4O5S. The van der Waals surface area contributed by atoms with Crippen molar-refractivity contribution in [1.29, 1.82) is 0 Å². The first-order chi connectivity index (χ1) is 15.2. The van der Waals surface area contributed by atoms with E-state index >= 15 is 0 Å². The Bertz CT molecular complexity index is 1130. The number of para-hydroxylation sites is 1. The zero-order valence-corrected chi connectivity index (χ0v) is 19.0. The molecule has 0 bridgehead atoms. The number of amides is 1. The first kappa shape index (κ1) is 23.3. The highest BCUT2D eigenvalue weighted by Gasteiger charge is 2.36. The molecule has 0 spiro atoms. The van der Waals surface area contributed by atoms with Gasteiger partial charge in [0.2, 0.25) is 15.9 Å². The Morgan fingerprint density at radius 3 is 2.50 bits per heavy atom. The molecule has 1 aliphatic heterocycles. The topological polar surface area (TPSA) is 117 Å². The predicted octanol–water partition coefficient (Wildman–Crippen LogP) is 2.89. The standard InChI is InChI=1S/C22H26N4O5S/c1-4-31-22(28)19-14-20(26(24-19)17-9-7-6-8-10-17)21(27)23-16-11-12-18(15(3)13-16)25-32(29,30)5-2/h6-13,20,25H,4-5,14H2,1-3H3,(H,23,27). The fourth-order valence-corrected chi connectivity index (χ4v) is 3.90. The van der Waals surface area contributed by atoms with Gasteiger partial charge in [-0.05, 0) is 56.7 Å². The molecule has 0 saturated carbocycles. The molecule has 0 fully saturated rings. The molecule has 0 radical (unpaired) electrons. The number of ether oxygens (including phenoxy) is 1. The molecule has 1 amide bonds. The van der Waals surface area contributed by atoms with Crippen molar-refractivity contribution >= 4 is 44.7 Å². The quantitative estimate of drug-likeness (QED) is 0.588. The van der Waals surface area contributed by atoms with Crippen LogP contribution in [0.25, 0.3) is 0 Å². The summed E-state index contributed by atoms with van der Waals surface area (Å²) in [6.45, 7) is 5.22. The normalized spacial score (nSPS) is 15.8. The van der Waals surface area contributed by atoms with Gasteiger partial charge in [0, 0.05) is 12.1 Å². The Morgan fingerprint density at radius 1 is 1.16 bits per heavy atom. The molecule has 9 nitrogen and oxygen atoms in total. The molecule has 170 valence electrons. The van der Waals surface area contributed by atoms with E-state index in [2.05, 4.69) is 15.1 Å². The summed E-state index contributed by atoms with van der Waals surface area (Å²) in [5.41, 5.74) is 2.47. The van der Waals surface area contributed by atoms with Crippen LogP contribution in [0.3, 0.4) is 0 Å². The van der Waals surface area contributed by atoms with Crippen molar-refractivity contribution in [3.05, 3.63) is 54.1 Å². The van der Waals surface area contributed by atoms with Gasteiger partial charge < -0.3 is 10.1 Å². The van der Waals surface area contributed by atoms with Crippen LogP contribution in [-0.4, -0.2) is 44.4 Å². The number of esters is 1. The molecule has 1 heterocycles. The van der Waals surface area contributed by atoms with E-state index < -0.39 is 22.0 Å². The highest BCUT2D eigenvalue weighted by atomic mass is 32.2. The summed E-state index contributed by atoms with van der Waals surface area (Å²) in [7, 11) is -3.40. The number of sulfonamides is 1. The molecule has 1 unspecified atom stereocenters. The lowest BCUT2D eigenvalue weighted by atomic mass is 10.1. The van der Waals surface area contributed by atoms with E-state index in [1.165, 1.54) is 5.01 Å². The lowest BCUT2D eigenvalue weighted by Gasteiger charge is -2.23. The highest BCUT2D eigenvalue weighted by Crippen LogP contribution is 2.27. The largest absolute Gasteiger partial charge is 0.461 e. The Balaban J connectivity index is 1.80. The first-order valence-corrected chi connectivity index (χ1v) is 11.9. The van der Waals surface area contributed by atoms with Gasteiger partial charge in [0.25, 0.3) is 0 Å². The maximum Gasteiger partial charge on any atom is 0.354 e. The van der Waals surface area contributed by atoms with Crippen molar-refractivity contribution in [1.82, 2.24) is 0 Å². The fraction of sp³-hybridized carbons (Fsp3) is 0.318. The second-order valence-electron chi connectivity index (χ2n) is 7.19. The lowest BCUT2D eigenvalue weighted by molar-refractivity contribution is -0.135. The second kappa shape index (κ2) is 9.82. The smallest absolute Gasteiger partial charge is 0.354 e. The zero-order valence-electron chi connectivity index (χ0n) is 18.2. The third-order valence-corrected chi connectivity index (χ3v) is 6.18. The molecule has 0 saturated heterocycles. The van der Waals surface area contributed by atoms with Gasteiger partial charge in [-0.25, -0.2) is 13.2 Å².